The summed E-state index contributed by atoms with van der Waals surface area (Å²) >= 11 is 1.23. The number of nitrogens with zero attached hydrogens (tertiary/aromatic N) is 3. The number of H-pyrrole nitrogens is 1. The molecule has 112 valence electrons. The molecule has 2 heterocycles. The first-order valence-corrected chi connectivity index (χ1v) is 7.41. The van der Waals surface area contributed by atoms with Crippen LogP contribution < -0.4 is 5.69 Å². The second kappa shape index (κ2) is 6.13. The highest BCUT2D eigenvalue weighted by Crippen LogP contribution is 2.25. The first kappa shape index (κ1) is 15.3. The molecular weight excluding hydrogens is 292 g/mol. The summed E-state index contributed by atoms with van der Waals surface area (Å²) in [7, 11) is 0. The Kier molecular flexibility index (Phi) is 4.46. The third-order valence-corrected chi connectivity index (χ3v) is 3.95. The Morgan fingerprint density at radius 3 is 2.81 bits per heavy atom. The van der Waals surface area contributed by atoms with Crippen LogP contribution in [0.15, 0.2) is 15.9 Å². The maximum Gasteiger partial charge on any atom is 0.346 e. The molecule has 0 saturated carbocycles. The summed E-state index contributed by atoms with van der Waals surface area (Å²) in [6, 6.07) is 1.94. The van der Waals surface area contributed by atoms with Crippen LogP contribution in [-0.2, 0) is 12.3 Å². The Labute approximate surface area is 125 Å². The van der Waals surface area contributed by atoms with E-state index in [-0.39, 0.29) is 10.6 Å². The minimum absolute atomic E-state index is 0.0406. The van der Waals surface area contributed by atoms with Gasteiger partial charge in [-0.3, -0.25) is 4.68 Å². The van der Waals surface area contributed by atoms with Crippen LogP contribution >= 0.6 is 11.8 Å². The molecule has 0 radical (unpaired) electrons. The molecule has 0 unspecified atom stereocenters. The zero-order valence-corrected chi connectivity index (χ0v) is 12.8. The van der Waals surface area contributed by atoms with Crippen molar-refractivity contribution in [1.29, 1.82) is 0 Å². The minimum Gasteiger partial charge on any atom is -0.478 e. The van der Waals surface area contributed by atoms with Crippen molar-refractivity contribution in [3.8, 4) is 0 Å². The van der Waals surface area contributed by atoms with Crippen molar-refractivity contribution in [1.82, 2.24) is 19.7 Å². The first-order chi connectivity index (χ1) is 9.92. The fraction of sp³-hybridized carbons (Fsp3) is 0.385. The molecule has 2 aromatic rings. The van der Waals surface area contributed by atoms with Crippen LogP contribution in [0.2, 0.25) is 0 Å². The lowest BCUT2D eigenvalue weighted by Gasteiger charge is -2.07. The Balaban J connectivity index is 2.31. The van der Waals surface area contributed by atoms with Gasteiger partial charge in [0, 0.05) is 23.7 Å². The van der Waals surface area contributed by atoms with E-state index in [0.717, 1.165) is 17.9 Å². The van der Waals surface area contributed by atoms with Crippen molar-refractivity contribution in [2.75, 3.05) is 0 Å². The Bertz CT molecular complexity index is 736. The van der Waals surface area contributed by atoms with Crippen molar-refractivity contribution in [3.05, 3.63) is 39.2 Å². The van der Waals surface area contributed by atoms with Crippen molar-refractivity contribution < 1.29 is 9.90 Å². The van der Waals surface area contributed by atoms with E-state index in [1.807, 2.05) is 24.6 Å². The maximum absolute atomic E-state index is 11.4. The zero-order chi connectivity index (χ0) is 15.6. The maximum atomic E-state index is 11.4. The summed E-state index contributed by atoms with van der Waals surface area (Å²) in [5.74, 6) is -0.593. The lowest BCUT2D eigenvalue weighted by Crippen LogP contribution is -2.18. The number of aryl methyl sites for hydroxylation is 3. The third kappa shape index (κ3) is 3.33. The van der Waals surface area contributed by atoms with Crippen molar-refractivity contribution in [2.24, 2.45) is 0 Å². The molecule has 0 fully saturated rings. The lowest BCUT2D eigenvalue weighted by atomic mass is 10.2. The van der Waals surface area contributed by atoms with Crippen LogP contribution in [0.3, 0.4) is 0 Å². The second-order valence-corrected chi connectivity index (χ2v) is 5.50. The lowest BCUT2D eigenvalue weighted by molar-refractivity contribution is 0.0690. The van der Waals surface area contributed by atoms with E-state index < -0.39 is 11.7 Å². The number of carboxylic acid groups (broad SMARTS) is 1. The molecule has 0 aliphatic carbocycles. The number of carbonyl (C=O) groups is 1. The molecule has 0 spiro atoms. The smallest absolute Gasteiger partial charge is 0.346 e. The van der Waals surface area contributed by atoms with Gasteiger partial charge in [0.1, 0.15) is 10.6 Å². The predicted octanol–water partition coefficient (Wildman–Crippen LogP) is 1.59. The molecule has 2 aromatic heterocycles. The molecule has 0 aliphatic rings. The molecule has 2 N–H and O–H groups in total. The topological polar surface area (TPSA) is 101 Å². The van der Waals surface area contributed by atoms with E-state index in [1.165, 1.54) is 11.8 Å². The number of aromatic carboxylic acids is 1. The molecule has 0 saturated heterocycles. The largest absolute Gasteiger partial charge is 0.478 e. The number of aromatic nitrogens is 4. The molecule has 8 heteroatoms. The van der Waals surface area contributed by atoms with Crippen LogP contribution in [0.5, 0.6) is 0 Å². The second-order valence-electron chi connectivity index (χ2n) is 4.53. The van der Waals surface area contributed by atoms with Gasteiger partial charge < -0.3 is 10.1 Å². The van der Waals surface area contributed by atoms with Crippen LogP contribution in [0.25, 0.3) is 0 Å². The van der Waals surface area contributed by atoms with Crippen LogP contribution in [0, 0.1) is 13.8 Å². The molecule has 0 aliphatic heterocycles. The normalized spacial score (nSPS) is 10.8. The monoisotopic (exact) mass is 308 g/mol. The Hall–Kier alpha value is -2.09. The van der Waals surface area contributed by atoms with Gasteiger partial charge >= 0.3 is 11.7 Å². The molecule has 0 aromatic carbocycles. The van der Waals surface area contributed by atoms with Crippen molar-refractivity contribution >= 4 is 17.7 Å². The molecule has 2 rings (SSSR count). The van der Waals surface area contributed by atoms with Crippen molar-refractivity contribution in [2.45, 2.75) is 38.1 Å². The molecule has 0 atom stereocenters. The summed E-state index contributed by atoms with van der Waals surface area (Å²) < 4.78 is 1.85. The number of rotatable bonds is 5. The fourth-order valence-electron chi connectivity index (χ4n) is 2.05. The van der Waals surface area contributed by atoms with Gasteiger partial charge in [-0.15, -0.1) is 0 Å². The average molecular weight is 308 g/mol. The van der Waals surface area contributed by atoms with E-state index >= 15 is 0 Å². The molecule has 21 heavy (non-hydrogen) atoms. The molecule has 7 nitrogen and oxygen atoms in total. The minimum atomic E-state index is -1.10. The van der Waals surface area contributed by atoms with Gasteiger partial charge in [-0.25, -0.2) is 9.59 Å². The number of thioether (sulfide) groups is 1. The molecule has 0 amide bonds. The van der Waals surface area contributed by atoms with Gasteiger partial charge in [0.25, 0.3) is 0 Å². The van der Waals surface area contributed by atoms with Crippen LogP contribution in [-0.4, -0.2) is 30.8 Å². The highest BCUT2D eigenvalue weighted by molar-refractivity contribution is 7.98. The standard InChI is InChI=1S/C13H16N4O3S/c1-4-17-9(5-7(2)16-17)6-21-11-10(12(18)19)8(3)14-13(20)15-11/h5H,4,6H2,1-3H3,(H,18,19)(H,14,15,20). The Morgan fingerprint density at radius 1 is 1.48 bits per heavy atom. The van der Waals surface area contributed by atoms with Gasteiger partial charge in [-0.2, -0.15) is 10.1 Å². The van der Waals surface area contributed by atoms with Gasteiger partial charge in [0.05, 0.1) is 5.69 Å². The summed E-state index contributed by atoms with van der Waals surface area (Å²) in [5, 5.41) is 13.8. The summed E-state index contributed by atoms with van der Waals surface area (Å²) in [6.07, 6.45) is 0. The molecular formula is C13H16N4O3S. The number of nitrogens with one attached hydrogen (secondary N) is 1. The summed E-state index contributed by atoms with van der Waals surface area (Å²) in [6.45, 7) is 6.17. The van der Waals surface area contributed by atoms with Crippen LogP contribution in [0.4, 0.5) is 0 Å². The summed E-state index contributed by atoms with van der Waals surface area (Å²) in [4.78, 5) is 28.9. The highest BCUT2D eigenvalue weighted by Gasteiger charge is 2.17. The first-order valence-electron chi connectivity index (χ1n) is 6.42. The third-order valence-electron chi connectivity index (χ3n) is 2.94. The van der Waals surface area contributed by atoms with E-state index in [4.69, 9.17) is 0 Å². The molecule has 0 bridgehead atoms. The number of hydrogen-bond acceptors (Lipinski definition) is 5. The number of carboxylic acids is 1. The number of aromatic amines is 1. The van der Waals surface area contributed by atoms with E-state index in [2.05, 4.69) is 15.1 Å². The van der Waals surface area contributed by atoms with E-state index in [0.29, 0.717) is 11.4 Å². The quantitative estimate of drug-likeness (QED) is 0.642. The van der Waals surface area contributed by atoms with Crippen LogP contribution in [0.1, 0.15) is 34.4 Å². The highest BCUT2D eigenvalue weighted by atomic mass is 32.2. The Morgan fingerprint density at radius 2 is 2.19 bits per heavy atom. The number of hydrogen-bond donors (Lipinski definition) is 2. The fourth-order valence-corrected chi connectivity index (χ4v) is 3.10. The predicted molar refractivity (Wildman–Crippen MR) is 78.8 cm³/mol. The summed E-state index contributed by atoms with van der Waals surface area (Å²) in [5.41, 5.74) is 1.68. The van der Waals surface area contributed by atoms with Crippen molar-refractivity contribution in [3.63, 3.8) is 0 Å². The SMILES string of the molecule is CCn1nc(C)cc1CSc1nc(=O)[nH]c(C)c1C(=O)O. The average Bonchev–Trinajstić information content (AvgIpc) is 2.75. The van der Waals surface area contributed by atoms with E-state index in [1.54, 1.807) is 6.92 Å². The van der Waals surface area contributed by atoms with E-state index in [9.17, 15) is 14.7 Å². The van der Waals surface area contributed by atoms with Gasteiger partial charge in [0.15, 0.2) is 0 Å². The van der Waals surface area contributed by atoms with Gasteiger partial charge in [-0.1, -0.05) is 11.8 Å². The van der Waals surface area contributed by atoms with Gasteiger partial charge in [-0.05, 0) is 26.8 Å². The van der Waals surface area contributed by atoms with Gasteiger partial charge in [0.2, 0.25) is 0 Å². The zero-order valence-electron chi connectivity index (χ0n) is 12.0.